The lowest BCUT2D eigenvalue weighted by atomic mass is 10.2. The van der Waals surface area contributed by atoms with Crippen LogP contribution < -0.4 is 5.73 Å². The quantitative estimate of drug-likeness (QED) is 0.694. The van der Waals surface area contributed by atoms with Gasteiger partial charge in [0.1, 0.15) is 0 Å². The monoisotopic (exact) mass is 260 g/mol. The molecule has 90 valence electrons. The van der Waals surface area contributed by atoms with Gasteiger partial charge in [-0.1, -0.05) is 11.6 Å². The molecule has 5 nitrogen and oxygen atoms in total. The molecule has 0 aliphatic rings. The van der Waals surface area contributed by atoms with Crippen LogP contribution in [0.3, 0.4) is 0 Å². The van der Waals surface area contributed by atoms with Gasteiger partial charge in [0.2, 0.25) is 0 Å². The molecule has 3 aromatic rings. The van der Waals surface area contributed by atoms with E-state index in [4.69, 9.17) is 21.8 Å². The number of halogens is 1. The topological polar surface area (TPSA) is 80.7 Å². The second-order valence-electron chi connectivity index (χ2n) is 3.72. The molecule has 0 bridgehead atoms. The summed E-state index contributed by atoms with van der Waals surface area (Å²) in [6.07, 6.45) is 1.58. The predicted molar refractivity (Wildman–Crippen MR) is 68.9 cm³/mol. The SMILES string of the molecule is Nc1cc(Cl)ccc1-c1n[nH]c(-c2ccco2)n1. The van der Waals surface area contributed by atoms with Gasteiger partial charge in [-0.05, 0) is 30.3 Å². The summed E-state index contributed by atoms with van der Waals surface area (Å²) < 4.78 is 5.23. The standard InChI is InChI=1S/C12H9ClN4O/c13-7-3-4-8(9(14)6-7)11-15-12(17-16-11)10-2-1-5-18-10/h1-6H,14H2,(H,15,16,17). The van der Waals surface area contributed by atoms with Crippen LogP contribution in [-0.4, -0.2) is 15.2 Å². The van der Waals surface area contributed by atoms with Gasteiger partial charge in [0.25, 0.3) is 0 Å². The number of aromatic amines is 1. The molecule has 0 saturated carbocycles. The first-order valence-electron chi connectivity index (χ1n) is 5.26. The molecule has 0 saturated heterocycles. The van der Waals surface area contributed by atoms with Gasteiger partial charge in [-0.3, -0.25) is 5.10 Å². The summed E-state index contributed by atoms with van der Waals surface area (Å²) in [5.41, 5.74) is 7.14. The van der Waals surface area contributed by atoms with E-state index >= 15 is 0 Å². The van der Waals surface area contributed by atoms with Crippen LogP contribution in [0, 0.1) is 0 Å². The number of hydrogen-bond donors (Lipinski definition) is 2. The maximum Gasteiger partial charge on any atom is 0.192 e. The van der Waals surface area contributed by atoms with E-state index in [9.17, 15) is 0 Å². The highest BCUT2D eigenvalue weighted by Crippen LogP contribution is 2.27. The predicted octanol–water partition coefficient (Wildman–Crippen LogP) is 2.97. The fraction of sp³-hybridized carbons (Fsp3) is 0. The molecule has 2 aromatic heterocycles. The number of hydrogen-bond acceptors (Lipinski definition) is 4. The second-order valence-corrected chi connectivity index (χ2v) is 4.15. The molecule has 6 heteroatoms. The Morgan fingerprint density at radius 2 is 2.17 bits per heavy atom. The van der Waals surface area contributed by atoms with Crippen molar-refractivity contribution in [2.24, 2.45) is 0 Å². The van der Waals surface area contributed by atoms with E-state index in [-0.39, 0.29) is 0 Å². The number of furan rings is 1. The third-order valence-electron chi connectivity index (χ3n) is 2.49. The minimum Gasteiger partial charge on any atom is -0.461 e. The van der Waals surface area contributed by atoms with Gasteiger partial charge in [0.15, 0.2) is 17.4 Å². The summed E-state index contributed by atoms with van der Waals surface area (Å²) in [5, 5.41) is 7.50. The van der Waals surface area contributed by atoms with Crippen LogP contribution in [-0.2, 0) is 0 Å². The van der Waals surface area contributed by atoms with Crippen LogP contribution in [0.5, 0.6) is 0 Å². The molecule has 3 N–H and O–H groups in total. The maximum atomic E-state index is 5.88. The second kappa shape index (κ2) is 4.19. The highest BCUT2D eigenvalue weighted by atomic mass is 35.5. The molecular formula is C12H9ClN4O. The van der Waals surface area contributed by atoms with Crippen LogP contribution in [0.25, 0.3) is 23.0 Å². The van der Waals surface area contributed by atoms with Crippen molar-refractivity contribution in [1.82, 2.24) is 15.2 Å². The Kier molecular flexibility index (Phi) is 2.53. The molecule has 2 heterocycles. The number of nitrogen functional groups attached to an aromatic ring is 1. The van der Waals surface area contributed by atoms with E-state index in [2.05, 4.69) is 15.2 Å². The van der Waals surface area contributed by atoms with Crippen molar-refractivity contribution < 1.29 is 4.42 Å². The van der Waals surface area contributed by atoms with Gasteiger partial charge in [-0.15, -0.1) is 0 Å². The molecule has 0 fully saturated rings. The summed E-state index contributed by atoms with van der Waals surface area (Å²) in [7, 11) is 0. The largest absolute Gasteiger partial charge is 0.461 e. The van der Waals surface area contributed by atoms with E-state index < -0.39 is 0 Å². The normalized spacial score (nSPS) is 10.7. The molecule has 0 radical (unpaired) electrons. The summed E-state index contributed by atoms with van der Waals surface area (Å²) >= 11 is 5.85. The van der Waals surface area contributed by atoms with Crippen molar-refractivity contribution in [2.75, 3.05) is 5.73 Å². The van der Waals surface area contributed by atoms with Crippen LogP contribution in [0.4, 0.5) is 5.69 Å². The zero-order valence-corrected chi connectivity index (χ0v) is 9.98. The smallest absolute Gasteiger partial charge is 0.192 e. The molecular weight excluding hydrogens is 252 g/mol. The minimum absolute atomic E-state index is 0.510. The molecule has 0 aliphatic heterocycles. The number of nitrogens with two attached hydrogens (primary N) is 1. The highest BCUT2D eigenvalue weighted by molar-refractivity contribution is 6.31. The van der Waals surface area contributed by atoms with Gasteiger partial charge in [0.05, 0.1) is 6.26 Å². The zero-order valence-electron chi connectivity index (χ0n) is 9.22. The van der Waals surface area contributed by atoms with Crippen molar-refractivity contribution >= 4 is 17.3 Å². The Morgan fingerprint density at radius 3 is 2.89 bits per heavy atom. The van der Waals surface area contributed by atoms with E-state index in [1.807, 2.05) is 0 Å². The molecule has 0 atom stereocenters. The number of rotatable bonds is 2. The van der Waals surface area contributed by atoms with Crippen molar-refractivity contribution in [1.29, 1.82) is 0 Å². The third kappa shape index (κ3) is 1.84. The fourth-order valence-electron chi connectivity index (χ4n) is 1.64. The van der Waals surface area contributed by atoms with E-state index in [0.717, 1.165) is 5.56 Å². The van der Waals surface area contributed by atoms with Gasteiger partial charge in [0, 0.05) is 16.3 Å². The van der Waals surface area contributed by atoms with Crippen LogP contribution in [0.2, 0.25) is 5.02 Å². The Morgan fingerprint density at radius 1 is 1.28 bits per heavy atom. The number of benzene rings is 1. The van der Waals surface area contributed by atoms with E-state index in [0.29, 0.717) is 28.1 Å². The van der Waals surface area contributed by atoms with Crippen molar-refractivity contribution in [3.8, 4) is 23.0 Å². The van der Waals surface area contributed by atoms with E-state index in [1.165, 1.54) is 0 Å². The maximum absolute atomic E-state index is 5.88. The molecule has 0 spiro atoms. The Labute approximate surface area is 108 Å². The minimum atomic E-state index is 0.510. The van der Waals surface area contributed by atoms with Crippen LogP contribution in [0.15, 0.2) is 41.0 Å². The Balaban J connectivity index is 2.03. The van der Waals surface area contributed by atoms with Gasteiger partial charge < -0.3 is 10.2 Å². The van der Waals surface area contributed by atoms with Gasteiger partial charge in [-0.25, -0.2) is 4.98 Å². The Hall–Kier alpha value is -2.27. The highest BCUT2D eigenvalue weighted by Gasteiger charge is 2.11. The van der Waals surface area contributed by atoms with E-state index in [1.54, 1.807) is 36.6 Å². The molecule has 1 aromatic carbocycles. The first-order chi connectivity index (χ1) is 8.74. The molecule has 3 rings (SSSR count). The number of nitrogens with one attached hydrogen (secondary N) is 1. The molecule has 18 heavy (non-hydrogen) atoms. The number of anilines is 1. The lowest BCUT2D eigenvalue weighted by Crippen LogP contribution is -1.91. The average molecular weight is 261 g/mol. The molecule has 0 unspecified atom stereocenters. The van der Waals surface area contributed by atoms with Crippen LogP contribution >= 0.6 is 11.6 Å². The Bertz CT molecular complexity index is 675. The summed E-state index contributed by atoms with van der Waals surface area (Å²) in [6, 6.07) is 8.78. The van der Waals surface area contributed by atoms with Gasteiger partial charge >= 0.3 is 0 Å². The van der Waals surface area contributed by atoms with Crippen molar-refractivity contribution in [3.63, 3.8) is 0 Å². The van der Waals surface area contributed by atoms with Crippen LogP contribution in [0.1, 0.15) is 0 Å². The zero-order chi connectivity index (χ0) is 12.5. The van der Waals surface area contributed by atoms with Crippen molar-refractivity contribution in [2.45, 2.75) is 0 Å². The lowest BCUT2D eigenvalue weighted by molar-refractivity contribution is 0.577. The summed E-state index contributed by atoms with van der Waals surface area (Å²) in [4.78, 5) is 4.33. The first-order valence-corrected chi connectivity index (χ1v) is 5.63. The summed E-state index contributed by atoms with van der Waals surface area (Å²) in [5.74, 6) is 1.70. The fourth-order valence-corrected chi connectivity index (χ4v) is 1.82. The van der Waals surface area contributed by atoms with Crippen molar-refractivity contribution in [3.05, 3.63) is 41.6 Å². The van der Waals surface area contributed by atoms with Gasteiger partial charge in [-0.2, -0.15) is 5.10 Å². The number of aromatic nitrogens is 3. The number of H-pyrrole nitrogens is 1. The summed E-state index contributed by atoms with van der Waals surface area (Å²) in [6.45, 7) is 0. The third-order valence-corrected chi connectivity index (χ3v) is 2.73. The first kappa shape index (κ1) is 10.9. The lowest BCUT2D eigenvalue weighted by Gasteiger charge is -2.00. The average Bonchev–Trinajstić information content (AvgIpc) is 2.99. The molecule has 0 aliphatic carbocycles. The molecule has 0 amide bonds. The number of nitrogens with zero attached hydrogens (tertiary/aromatic N) is 2.